The van der Waals surface area contributed by atoms with Gasteiger partial charge in [0.25, 0.3) is 0 Å². The number of aliphatic carboxylic acids is 1. The van der Waals surface area contributed by atoms with Crippen molar-refractivity contribution in [3.8, 4) is 11.1 Å². The molecular formula is C53H56N6O8S. The molecule has 5 aromatic carbocycles. The summed E-state index contributed by atoms with van der Waals surface area (Å²) in [4.78, 5) is 94.7. The molecule has 68 heavy (non-hydrogen) atoms. The Balaban J connectivity index is 1.20. The Labute approximate surface area is 400 Å². The van der Waals surface area contributed by atoms with Crippen LogP contribution in [0.3, 0.4) is 0 Å². The van der Waals surface area contributed by atoms with Crippen LogP contribution in [0.15, 0.2) is 157 Å². The van der Waals surface area contributed by atoms with Crippen LogP contribution < -0.4 is 31.9 Å². The van der Waals surface area contributed by atoms with Crippen molar-refractivity contribution < 1.29 is 38.7 Å². The largest absolute Gasteiger partial charge is 0.480 e. The van der Waals surface area contributed by atoms with E-state index in [-0.39, 0.29) is 49.7 Å². The van der Waals surface area contributed by atoms with E-state index in [0.717, 1.165) is 11.1 Å². The van der Waals surface area contributed by atoms with Gasteiger partial charge in [0.05, 0.1) is 0 Å². The third-order valence-electron chi connectivity index (χ3n) is 11.3. The number of thioether (sulfide) groups is 1. The minimum Gasteiger partial charge on any atom is -0.480 e. The smallest absolute Gasteiger partial charge is 0.326 e. The molecule has 352 valence electrons. The van der Waals surface area contributed by atoms with Crippen LogP contribution in [0.2, 0.25) is 0 Å². The number of carbonyl (C=O) groups is 7. The van der Waals surface area contributed by atoms with E-state index >= 15 is 0 Å². The summed E-state index contributed by atoms with van der Waals surface area (Å²) in [6.07, 6.45) is 2.59. The number of benzene rings is 5. The van der Waals surface area contributed by atoms with Crippen LogP contribution in [0, 0.1) is 0 Å². The van der Waals surface area contributed by atoms with Crippen LogP contribution in [0.25, 0.3) is 11.1 Å². The number of nitrogens with one attached hydrogen (secondary N) is 6. The molecule has 0 saturated carbocycles. The summed E-state index contributed by atoms with van der Waals surface area (Å²) >= 11 is 1.53. The van der Waals surface area contributed by atoms with Crippen molar-refractivity contribution in [1.82, 2.24) is 26.6 Å². The van der Waals surface area contributed by atoms with Crippen LogP contribution in [0.5, 0.6) is 0 Å². The molecule has 6 amide bonds. The first-order valence-corrected chi connectivity index (χ1v) is 23.5. The van der Waals surface area contributed by atoms with E-state index in [4.69, 9.17) is 0 Å². The van der Waals surface area contributed by atoms with Crippen LogP contribution in [-0.2, 0) is 52.8 Å². The normalized spacial score (nSPS) is 15.0. The maximum absolute atomic E-state index is 14.6. The molecule has 5 aromatic rings. The Hall–Kier alpha value is -7.52. The van der Waals surface area contributed by atoms with Gasteiger partial charge < -0.3 is 37.0 Å². The molecule has 14 nitrogen and oxygen atoms in total. The van der Waals surface area contributed by atoms with E-state index in [0.29, 0.717) is 28.8 Å². The standard InChI is InChI=1S/C53H56N6O8S/c1-35(49(62)59-46(53(66)67)33-37-17-8-3-9-18-37)54-50(63)43(31-36-15-6-2-7-16-36)57-51(64)44(32-38-24-26-40(27-25-38)39-19-10-4-11-20-39)58-52(65)45(34-42-23-14-30-68-42)56-48(61)29-28-47(60)55-41-21-12-5-13-22-41/h2-22,24-27,30,35,42-46H,23,28-29,31-34H2,1H3,(H,54,63)(H,55,60)(H,56,61)(H,57,64)(H,58,65)(H,59,62)(H,66,67)/t35-,42?,43+,44-,45+,46-/m0/s1. The van der Waals surface area contributed by atoms with Crippen molar-refractivity contribution in [2.45, 2.75) is 87.3 Å². The number of hydrogen-bond donors (Lipinski definition) is 7. The second-order valence-corrected chi connectivity index (χ2v) is 17.7. The molecule has 6 rings (SSSR count). The molecule has 7 N–H and O–H groups in total. The first-order valence-electron chi connectivity index (χ1n) is 22.5. The minimum atomic E-state index is -1.27. The quantitative estimate of drug-likeness (QED) is 0.0425. The molecule has 0 fully saturated rings. The van der Waals surface area contributed by atoms with Crippen LogP contribution in [0.1, 0.15) is 49.3 Å². The van der Waals surface area contributed by atoms with Gasteiger partial charge in [-0.25, -0.2) is 4.79 Å². The van der Waals surface area contributed by atoms with E-state index in [9.17, 15) is 38.7 Å². The Morgan fingerprint density at radius 2 is 0.971 bits per heavy atom. The zero-order valence-electron chi connectivity index (χ0n) is 37.6. The number of carboxylic acid groups (broad SMARTS) is 1. The highest BCUT2D eigenvalue weighted by Crippen LogP contribution is 2.28. The SMILES string of the molecule is C[C@H](NC(=O)[C@@H](Cc1ccccc1)NC(=O)[C@H](Cc1ccc(-c2ccccc2)cc1)NC(=O)[C@@H](CC1CC=CS1)NC(=O)CCC(=O)Nc1ccccc1)C(=O)N[C@@H](Cc1ccccc1)C(=O)O. The molecule has 0 aliphatic carbocycles. The zero-order valence-corrected chi connectivity index (χ0v) is 38.5. The van der Waals surface area contributed by atoms with Gasteiger partial charge in [0.2, 0.25) is 35.4 Å². The number of hydrogen-bond acceptors (Lipinski definition) is 8. The Morgan fingerprint density at radius 1 is 0.515 bits per heavy atom. The third kappa shape index (κ3) is 15.8. The summed E-state index contributed by atoms with van der Waals surface area (Å²) in [5.41, 5.74) is 4.61. The number of carboxylic acids is 1. The van der Waals surface area contributed by atoms with Gasteiger partial charge in [0.15, 0.2) is 0 Å². The molecule has 0 aromatic heterocycles. The highest BCUT2D eigenvalue weighted by molar-refractivity contribution is 8.03. The topological polar surface area (TPSA) is 212 Å². The molecular weight excluding hydrogens is 881 g/mol. The summed E-state index contributed by atoms with van der Waals surface area (Å²) in [5, 5.41) is 28.2. The van der Waals surface area contributed by atoms with E-state index in [1.165, 1.54) is 18.7 Å². The second kappa shape index (κ2) is 25.4. The van der Waals surface area contributed by atoms with E-state index in [1.807, 2.05) is 72.1 Å². The fraction of sp³-hybridized carbons (Fsp3) is 0.264. The monoisotopic (exact) mass is 936 g/mol. The lowest BCUT2D eigenvalue weighted by atomic mass is 9.99. The van der Waals surface area contributed by atoms with Gasteiger partial charge in [-0.05, 0) is 65.1 Å². The third-order valence-corrected chi connectivity index (χ3v) is 12.4. The highest BCUT2D eigenvalue weighted by Gasteiger charge is 2.33. The summed E-state index contributed by atoms with van der Waals surface area (Å²) in [6, 6.07) is 37.8. The molecule has 1 aliphatic rings. The molecule has 1 aliphatic heterocycles. The Kier molecular flexibility index (Phi) is 18.6. The summed E-state index contributed by atoms with van der Waals surface area (Å²) < 4.78 is 0. The number of allylic oxidation sites excluding steroid dienone is 1. The predicted molar refractivity (Wildman–Crippen MR) is 263 cm³/mol. The van der Waals surface area contributed by atoms with Gasteiger partial charge in [-0.15, -0.1) is 11.8 Å². The lowest BCUT2D eigenvalue weighted by Gasteiger charge is -2.27. The number of rotatable bonds is 23. The van der Waals surface area contributed by atoms with E-state index in [2.05, 4.69) is 31.9 Å². The first-order chi connectivity index (χ1) is 32.9. The molecule has 1 heterocycles. The molecule has 6 atom stereocenters. The Bertz CT molecular complexity index is 2500. The summed E-state index contributed by atoms with van der Waals surface area (Å²) in [5.74, 6) is -4.92. The lowest BCUT2D eigenvalue weighted by molar-refractivity contribution is -0.142. The average Bonchev–Trinajstić information content (AvgIpc) is 3.87. The molecule has 0 bridgehead atoms. The summed E-state index contributed by atoms with van der Waals surface area (Å²) in [6.45, 7) is 1.42. The van der Waals surface area contributed by atoms with Crippen molar-refractivity contribution in [2.24, 2.45) is 0 Å². The summed E-state index contributed by atoms with van der Waals surface area (Å²) in [7, 11) is 0. The van der Waals surface area contributed by atoms with Crippen LogP contribution >= 0.6 is 11.8 Å². The van der Waals surface area contributed by atoms with Crippen LogP contribution in [0.4, 0.5) is 5.69 Å². The number of para-hydroxylation sites is 1. The fourth-order valence-corrected chi connectivity index (χ4v) is 8.52. The van der Waals surface area contributed by atoms with E-state index < -0.39 is 65.7 Å². The highest BCUT2D eigenvalue weighted by atomic mass is 32.2. The van der Waals surface area contributed by atoms with Crippen molar-refractivity contribution in [1.29, 1.82) is 0 Å². The number of anilines is 1. The zero-order chi connectivity index (χ0) is 48.3. The number of carbonyl (C=O) groups excluding carboxylic acids is 6. The Morgan fingerprint density at radius 3 is 1.51 bits per heavy atom. The van der Waals surface area contributed by atoms with Crippen LogP contribution in [-0.4, -0.2) is 82.0 Å². The predicted octanol–water partition coefficient (Wildman–Crippen LogP) is 5.74. The average molecular weight is 937 g/mol. The lowest BCUT2D eigenvalue weighted by Crippen LogP contribution is -2.59. The molecule has 15 heteroatoms. The minimum absolute atomic E-state index is 0.00315. The molecule has 0 saturated heterocycles. The number of amides is 6. The molecule has 1 unspecified atom stereocenters. The van der Waals surface area contributed by atoms with Gasteiger partial charge in [0, 0.05) is 43.0 Å². The molecule has 0 radical (unpaired) electrons. The molecule has 0 spiro atoms. The van der Waals surface area contributed by atoms with Gasteiger partial charge in [-0.2, -0.15) is 0 Å². The van der Waals surface area contributed by atoms with Gasteiger partial charge >= 0.3 is 5.97 Å². The van der Waals surface area contributed by atoms with Gasteiger partial charge in [-0.1, -0.05) is 140 Å². The van der Waals surface area contributed by atoms with E-state index in [1.54, 1.807) is 84.9 Å². The van der Waals surface area contributed by atoms with Gasteiger partial charge in [0.1, 0.15) is 30.2 Å². The first kappa shape index (κ1) is 49.9. The van der Waals surface area contributed by atoms with Gasteiger partial charge in [-0.3, -0.25) is 28.8 Å². The van der Waals surface area contributed by atoms with Crippen molar-refractivity contribution in [3.63, 3.8) is 0 Å². The fourth-order valence-electron chi connectivity index (χ4n) is 7.55. The maximum Gasteiger partial charge on any atom is 0.326 e. The van der Waals surface area contributed by atoms with Crippen molar-refractivity contribution in [2.75, 3.05) is 5.32 Å². The second-order valence-electron chi connectivity index (χ2n) is 16.5. The van der Waals surface area contributed by atoms with Crippen molar-refractivity contribution in [3.05, 3.63) is 174 Å². The maximum atomic E-state index is 14.6. The van der Waals surface area contributed by atoms with Crippen molar-refractivity contribution >= 4 is 58.9 Å².